The summed E-state index contributed by atoms with van der Waals surface area (Å²) in [5, 5.41) is 38.4. The first kappa shape index (κ1) is 19.5. The summed E-state index contributed by atoms with van der Waals surface area (Å²) in [5.41, 5.74) is 0.454. The van der Waals surface area contributed by atoms with Gasteiger partial charge in [-0.3, -0.25) is 20.2 Å². The van der Waals surface area contributed by atoms with Gasteiger partial charge in [-0.15, -0.1) is 5.11 Å². The summed E-state index contributed by atoms with van der Waals surface area (Å²) in [6, 6.07) is 12.3. The van der Waals surface area contributed by atoms with E-state index in [1.54, 1.807) is 12.1 Å². The normalized spacial score (nSPS) is 10.5. The van der Waals surface area contributed by atoms with Gasteiger partial charge < -0.3 is 4.90 Å². The number of nitro benzene ring substituents is 2. The minimum absolute atomic E-state index is 0.0705. The van der Waals surface area contributed by atoms with Gasteiger partial charge in [0.15, 0.2) is 5.69 Å². The van der Waals surface area contributed by atoms with Crippen LogP contribution in [0.5, 0.6) is 0 Å². The van der Waals surface area contributed by atoms with Crippen molar-refractivity contribution in [1.82, 2.24) is 0 Å². The van der Waals surface area contributed by atoms with E-state index in [2.05, 4.69) is 16.3 Å². The zero-order valence-electron chi connectivity index (χ0n) is 14.5. The van der Waals surface area contributed by atoms with Crippen molar-refractivity contribution < 1.29 is 9.85 Å². The van der Waals surface area contributed by atoms with E-state index in [9.17, 15) is 20.2 Å². The lowest BCUT2D eigenvalue weighted by molar-refractivity contribution is -0.393. The molecule has 0 aliphatic carbocycles. The number of azo groups is 1. The summed E-state index contributed by atoms with van der Waals surface area (Å²) in [7, 11) is 0. The molecule has 0 atom stereocenters. The topological polar surface area (TPSA) is 138 Å². The summed E-state index contributed by atoms with van der Waals surface area (Å²) >= 11 is 0. The fraction of sp³-hybridized carbons (Fsp3) is 0.235. The van der Waals surface area contributed by atoms with Gasteiger partial charge in [-0.2, -0.15) is 10.4 Å². The van der Waals surface area contributed by atoms with Crippen molar-refractivity contribution in [3.8, 4) is 6.07 Å². The molecule has 27 heavy (non-hydrogen) atoms. The lowest BCUT2D eigenvalue weighted by Gasteiger charge is -2.21. The highest BCUT2D eigenvalue weighted by molar-refractivity contribution is 5.62. The Labute approximate surface area is 154 Å². The molecule has 0 saturated carbocycles. The molecule has 2 rings (SSSR count). The summed E-state index contributed by atoms with van der Waals surface area (Å²) < 4.78 is 0. The molecule has 0 aliphatic rings. The first-order chi connectivity index (χ1) is 13.0. The van der Waals surface area contributed by atoms with Crippen LogP contribution < -0.4 is 4.90 Å². The average molecular weight is 368 g/mol. The molecule has 0 bridgehead atoms. The summed E-state index contributed by atoms with van der Waals surface area (Å²) in [6.45, 7) is 3.35. The highest BCUT2D eigenvalue weighted by Gasteiger charge is 2.19. The maximum absolute atomic E-state index is 11.1. The van der Waals surface area contributed by atoms with Crippen molar-refractivity contribution in [2.24, 2.45) is 10.2 Å². The number of hydrogen-bond acceptors (Lipinski definition) is 8. The molecule has 0 N–H and O–H groups in total. The maximum atomic E-state index is 11.1. The maximum Gasteiger partial charge on any atom is 0.303 e. The van der Waals surface area contributed by atoms with Crippen molar-refractivity contribution in [3.05, 3.63) is 62.7 Å². The fourth-order valence-corrected chi connectivity index (χ4v) is 2.35. The van der Waals surface area contributed by atoms with Gasteiger partial charge in [-0.25, -0.2) is 0 Å². The van der Waals surface area contributed by atoms with E-state index in [4.69, 9.17) is 5.26 Å². The SMILES string of the molecule is CCN(CCC#N)c1ccc(N=Nc2ccc([N+](=O)[O-])cc2[N+](=O)[O-])cc1. The second-order valence-corrected chi connectivity index (χ2v) is 5.39. The van der Waals surface area contributed by atoms with Crippen LogP contribution in [0.4, 0.5) is 28.4 Å². The molecule has 0 aliphatic heterocycles. The molecule has 0 heterocycles. The molecule has 0 unspecified atom stereocenters. The smallest absolute Gasteiger partial charge is 0.303 e. The van der Waals surface area contributed by atoms with Gasteiger partial charge >= 0.3 is 5.69 Å². The van der Waals surface area contributed by atoms with E-state index < -0.39 is 15.5 Å². The van der Waals surface area contributed by atoms with E-state index in [1.807, 2.05) is 24.0 Å². The minimum atomic E-state index is -0.737. The van der Waals surface area contributed by atoms with E-state index in [1.165, 1.54) is 6.07 Å². The monoisotopic (exact) mass is 368 g/mol. The second kappa shape index (κ2) is 9.00. The van der Waals surface area contributed by atoms with E-state index >= 15 is 0 Å². The van der Waals surface area contributed by atoms with Crippen LogP contribution in [-0.2, 0) is 0 Å². The van der Waals surface area contributed by atoms with Gasteiger partial charge in [-0.05, 0) is 37.3 Å². The van der Waals surface area contributed by atoms with Crippen LogP contribution in [0.15, 0.2) is 52.7 Å². The number of hydrogen-bond donors (Lipinski definition) is 0. The Kier molecular flexibility index (Phi) is 6.49. The quantitative estimate of drug-likeness (QED) is 0.377. The van der Waals surface area contributed by atoms with Crippen LogP contribution in [-0.4, -0.2) is 22.9 Å². The average Bonchev–Trinajstić information content (AvgIpc) is 2.67. The number of nitrogens with zero attached hydrogens (tertiary/aromatic N) is 6. The largest absolute Gasteiger partial charge is 0.371 e. The Hall–Kier alpha value is -3.87. The molecule has 2 aromatic carbocycles. The minimum Gasteiger partial charge on any atom is -0.371 e. The molecule has 0 fully saturated rings. The Morgan fingerprint density at radius 2 is 1.78 bits per heavy atom. The van der Waals surface area contributed by atoms with Crippen molar-refractivity contribution >= 4 is 28.4 Å². The van der Waals surface area contributed by atoms with Crippen molar-refractivity contribution in [3.63, 3.8) is 0 Å². The molecule has 10 heteroatoms. The van der Waals surface area contributed by atoms with Crippen molar-refractivity contribution in [1.29, 1.82) is 5.26 Å². The van der Waals surface area contributed by atoms with Gasteiger partial charge in [0.25, 0.3) is 5.69 Å². The molecular weight excluding hydrogens is 352 g/mol. The Balaban J connectivity index is 2.22. The molecule has 0 spiro atoms. The van der Waals surface area contributed by atoms with Crippen LogP contribution in [0.25, 0.3) is 0 Å². The second-order valence-electron chi connectivity index (χ2n) is 5.39. The Morgan fingerprint density at radius 3 is 2.33 bits per heavy atom. The molecule has 0 aromatic heterocycles. The van der Waals surface area contributed by atoms with Crippen LogP contribution in [0.1, 0.15) is 13.3 Å². The number of rotatable bonds is 8. The van der Waals surface area contributed by atoms with E-state index in [0.29, 0.717) is 18.7 Å². The summed E-state index contributed by atoms with van der Waals surface area (Å²) in [4.78, 5) is 22.4. The molecule has 0 saturated heterocycles. The van der Waals surface area contributed by atoms with Crippen LogP contribution >= 0.6 is 0 Å². The predicted molar refractivity (Wildman–Crippen MR) is 98.5 cm³/mol. The van der Waals surface area contributed by atoms with Crippen LogP contribution in [0.3, 0.4) is 0 Å². The zero-order valence-corrected chi connectivity index (χ0v) is 14.5. The lowest BCUT2D eigenvalue weighted by Crippen LogP contribution is -2.23. The van der Waals surface area contributed by atoms with E-state index in [-0.39, 0.29) is 11.4 Å². The van der Waals surface area contributed by atoms with E-state index in [0.717, 1.165) is 24.4 Å². The van der Waals surface area contributed by atoms with Gasteiger partial charge in [0.1, 0.15) is 0 Å². The lowest BCUT2D eigenvalue weighted by atomic mass is 10.2. The van der Waals surface area contributed by atoms with Gasteiger partial charge in [0, 0.05) is 24.8 Å². The molecule has 10 nitrogen and oxygen atoms in total. The zero-order chi connectivity index (χ0) is 19.8. The summed E-state index contributed by atoms with van der Waals surface area (Å²) in [5.74, 6) is 0. The number of nitriles is 1. The number of anilines is 1. The Morgan fingerprint density at radius 1 is 1.07 bits per heavy atom. The van der Waals surface area contributed by atoms with Gasteiger partial charge in [0.2, 0.25) is 0 Å². The van der Waals surface area contributed by atoms with Gasteiger partial charge in [0.05, 0.1) is 34.1 Å². The number of nitro groups is 2. The third-order valence-corrected chi connectivity index (χ3v) is 3.73. The standard InChI is InChI=1S/C17H16N6O4/c1-2-21(11-3-10-18)14-6-4-13(5-7-14)19-20-16-9-8-15(22(24)25)12-17(16)23(26)27/h4-9,12H,2-3,11H2,1H3. The first-order valence-corrected chi connectivity index (χ1v) is 8.02. The van der Waals surface area contributed by atoms with Crippen LogP contribution in [0, 0.1) is 31.6 Å². The fourth-order valence-electron chi connectivity index (χ4n) is 2.35. The number of non-ortho nitro benzene ring substituents is 1. The van der Waals surface area contributed by atoms with Crippen molar-refractivity contribution in [2.45, 2.75) is 13.3 Å². The van der Waals surface area contributed by atoms with Crippen LogP contribution in [0.2, 0.25) is 0 Å². The molecular formula is C17H16N6O4. The van der Waals surface area contributed by atoms with Crippen molar-refractivity contribution in [2.75, 3.05) is 18.0 Å². The third kappa shape index (κ3) is 5.05. The Bertz CT molecular complexity index is 905. The molecule has 0 amide bonds. The highest BCUT2D eigenvalue weighted by atomic mass is 16.6. The molecule has 138 valence electrons. The number of benzene rings is 2. The van der Waals surface area contributed by atoms with Gasteiger partial charge in [-0.1, -0.05) is 0 Å². The predicted octanol–water partition coefficient (Wildman–Crippen LogP) is 4.66. The third-order valence-electron chi connectivity index (χ3n) is 3.73. The molecule has 2 aromatic rings. The molecule has 0 radical (unpaired) electrons. The summed E-state index contributed by atoms with van der Waals surface area (Å²) in [6.07, 6.45) is 0.416. The first-order valence-electron chi connectivity index (χ1n) is 8.02. The highest BCUT2D eigenvalue weighted by Crippen LogP contribution is 2.32.